The lowest BCUT2D eigenvalue weighted by molar-refractivity contribution is 0.230. The first kappa shape index (κ1) is 9.49. The van der Waals surface area contributed by atoms with Gasteiger partial charge in [-0.2, -0.15) is 10.4 Å². The fourth-order valence-electron chi connectivity index (χ4n) is 1.39. The Kier molecular flexibility index (Phi) is 2.52. The molecule has 0 bridgehead atoms. The molecule has 0 unspecified atom stereocenters. The van der Waals surface area contributed by atoms with Crippen molar-refractivity contribution in [3.05, 3.63) is 35.4 Å². The van der Waals surface area contributed by atoms with E-state index >= 15 is 0 Å². The second-order valence-corrected chi connectivity index (χ2v) is 3.36. The monoisotopic (exact) mass is 201 g/mol. The van der Waals surface area contributed by atoms with E-state index in [1.807, 2.05) is 17.1 Å². The Morgan fingerprint density at radius 1 is 1.40 bits per heavy atom. The Bertz CT molecular complexity index is 403. The lowest BCUT2D eigenvalue weighted by atomic mass is 10.1. The normalized spacial score (nSPS) is 14.4. The van der Waals surface area contributed by atoms with Crippen LogP contribution < -0.4 is 5.84 Å². The van der Waals surface area contributed by atoms with E-state index in [0.29, 0.717) is 18.8 Å². The first-order valence-corrected chi connectivity index (χ1v) is 4.57. The standard InChI is InChI=1S/C10H11N5/c11-5-9-1-3-10(4-2-9)6-15-8-14(12)7-13-15/h1-4,7H,6,8,12H2. The average Bonchev–Trinajstić information content (AvgIpc) is 2.65. The molecule has 1 heterocycles. The zero-order valence-corrected chi connectivity index (χ0v) is 8.17. The van der Waals surface area contributed by atoms with Crippen LogP contribution >= 0.6 is 0 Å². The molecule has 0 aromatic heterocycles. The first-order chi connectivity index (χ1) is 7.28. The van der Waals surface area contributed by atoms with Gasteiger partial charge in [0.2, 0.25) is 0 Å². The molecule has 1 aromatic rings. The number of rotatable bonds is 2. The molecule has 0 radical (unpaired) electrons. The van der Waals surface area contributed by atoms with Crippen molar-refractivity contribution in [2.75, 3.05) is 6.67 Å². The molecule has 0 fully saturated rings. The summed E-state index contributed by atoms with van der Waals surface area (Å²) in [5, 5.41) is 16.1. The van der Waals surface area contributed by atoms with E-state index in [0.717, 1.165) is 5.56 Å². The Balaban J connectivity index is 2.00. The molecular formula is C10H11N5. The molecule has 1 aromatic carbocycles. The Morgan fingerprint density at radius 3 is 2.67 bits per heavy atom. The van der Waals surface area contributed by atoms with Crippen molar-refractivity contribution < 1.29 is 0 Å². The van der Waals surface area contributed by atoms with Crippen molar-refractivity contribution in [2.45, 2.75) is 6.54 Å². The maximum Gasteiger partial charge on any atom is 0.127 e. The molecule has 0 saturated heterocycles. The van der Waals surface area contributed by atoms with Gasteiger partial charge in [0.25, 0.3) is 0 Å². The summed E-state index contributed by atoms with van der Waals surface area (Å²) < 4.78 is 0. The van der Waals surface area contributed by atoms with Crippen molar-refractivity contribution in [1.82, 2.24) is 10.0 Å². The number of hydrogen-bond acceptors (Lipinski definition) is 5. The minimum atomic E-state index is 0.597. The largest absolute Gasteiger partial charge is 0.278 e. The second-order valence-electron chi connectivity index (χ2n) is 3.36. The minimum Gasteiger partial charge on any atom is -0.278 e. The topological polar surface area (TPSA) is 68.7 Å². The van der Waals surface area contributed by atoms with Gasteiger partial charge in [0.05, 0.1) is 18.2 Å². The van der Waals surface area contributed by atoms with Gasteiger partial charge < -0.3 is 0 Å². The molecule has 2 rings (SSSR count). The van der Waals surface area contributed by atoms with Crippen molar-refractivity contribution in [3.63, 3.8) is 0 Å². The number of nitrogens with zero attached hydrogens (tertiary/aromatic N) is 4. The molecule has 2 N–H and O–H groups in total. The summed E-state index contributed by atoms with van der Waals surface area (Å²) in [6.07, 6.45) is 1.59. The van der Waals surface area contributed by atoms with E-state index < -0.39 is 0 Å². The highest BCUT2D eigenvalue weighted by Crippen LogP contribution is 2.09. The molecule has 5 nitrogen and oxygen atoms in total. The summed E-state index contributed by atoms with van der Waals surface area (Å²) in [7, 11) is 0. The molecule has 0 atom stereocenters. The van der Waals surface area contributed by atoms with Gasteiger partial charge in [-0.15, -0.1) is 0 Å². The first-order valence-electron chi connectivity index (χ1n) is 4.57. The van der Waals surface area contributed by atoms with Crippen LogP contribution in [-0.4, -0.2) is 23.0 Å². The van der Waals surface area contributed by atoms with Crippen LogP contribution in [0.4, 0.5) is 0 Å². The molecule has 5 heteroatoms. The number of nitriles is 1. The lowest BCUT2D eigenvalue weighted by Crippen LogP contribution is -2.31. The molecule has 0 amide bonds. The predicted octanol–water partition coefficient (Wildman–Crippen LogP) is 0.450. The van der Waals surface area contributed by atoms with Gasteiger partial charge >= 0.3 is 0 Å². The molecule has 15 heavy (non-hydrogen) atoms. The number of benzene rings is 1. The quantitative estimate of drug-likeness (QED) is 0.705. The Morgan fingerprint density at radius 2 is 2.13 bits per heavy atom. The summed E-state index contributed by atoms with van der Waals surface area (Å²) in [5.41, 5.74) is 1.78. The van der Waals surface area contributed by atoms with Crippen molar-refractivity contribution >= 4 is 6.34 Å². The molecule has 0 spiro atoms. The van der Waals surface area contributed by atoms with Crippen molar-refractivity contribution in [1.29, 1.82) is 5.26 Å². The molecular weight excluding hydrogens is 190 g/mol. The van der Waals surface area contributed by atoms with E-state index in [1.165, 1.54) is 5.01 Å². The third-order valence-electron chi connectivity index (χ3n) is 2.14. The summed E-state index contributed by atoms with van der Waals surface area (Å²) in [4.78, 5) is 0. The molecule has 76 valence electrons. The van der Waals surface area contributed by atoms with Crippen molar-refractivity contribution in [2.24, 2.45) is 10.9 Å². The zero-order valence-electron chi connectivity index (χ0n) is 8.17. The Labute approximate surface area is 88.0 Å². The van der Waals surface area contributed by atoms with E-state index in [9.17, 15) is 0 Å². The smallest absolute Gasteiger partial charge is 0.127 e. The maximum absolute atomic E-state index is 8.64. The predicted molar refractivity (Wildman–Crippen MR) is 56.1 cm³/mol. The van der Waals surface area contributed by atoms with Crippen LogP contribution in [0.25, 0.3) is 0 Å². The van der Waals surface area contributed by atoms with Crippen LogP contribution in [-0.2, 0) is 6.54 Å². The van der Waals surface area contributed by atoms with E-state index in [1.54, 1.807) is 18.5 Å². The number of hydrazone groups is 1. The highest BCUT2D eigenvalue weighted by molar-refractivity contribution is 5.55. The molecule has 1 aliphatic heterocycles. The minimum absolute atomic E-state index is 0.597. The number of nitrogens with two attached hydrogens (primary N) is 1. The van der Waals surface area contributed by atoms with Crippen LogP contribution in [0, 0.1) is 11.3 Å². The maximum atomic E-state index is 8.64. The summed E-state index contributed by atoms with van der Waals surface area (Å²) in [5.74, 6) is 5.52. The molecule has 1 aliphatic rings. The highest BCUT2D eigenvalue weighted by Gasteiger charge is 2.10. The van der Waals surface area contributed by atoms with Gasteiger partial charge in [-0.25, -0.2) is 5.84 Å². The van der Waals surface area contributed by atoms with Crippen LogP contribution in [0.15, 0.2) is 29.4 Å². The van der Waals surface area contributed by atoms with Gasteiger partial charge in [-0.05, 0) is 17.7 Å². The third-order valence-corrected chi connectivity index (χ3v) is 2.14. The summed E-state index contributed by atoms with van der Waals surface area (Å²) in [6, 6.07) is 9.53. The molecule has 0 aliphatic carbocycles. The van der Waals surface area contributed by atoms with Crippen LogP contribution in [0.1, 0.15) is 11.1 Å². The van der Waals surface area contributed by atoms with E-state index in [4.69, 9.17) is 11.1 Å². The average molecular weight is 201 g/mol. The number of hydrazine groups is 1. The van der Waals surface area contributed by atoms with E-state index in [2.05, 4.69) is 11.2 Å². The zero-order chi connectivity index (χ0) is 10.7. The fourth-order valence-corrected chi connectivity index (χ4v) is 1.39. The van der Waals surface area contributed by atoms with Crippen LogP contribution in [0.3, 0.4) is 0 Å². The third kappa shape index (κ3) is 2.24. The molecule has 0 saturated carbocycles. The van der Waals surface area contributed by atoms with Crippen LogP contribution in [0.5, 0.6) is 0 Å². The van der Waals surface area contributed by atoms with Crippen LogP contribution in [0.2, 0.25) is 0 Å². The summed E-state index contributed by atoms with van der Waals surface area (Å²) in [6.45, 7) is 1.30. The van der Waals surface area contributed by atoms with Gasteiger partial charge in [0, 0.05) is 0 Å². The fraction of sp³-hybridized carbons (Fsp3) is 0.200. The SMILES string of the molecule is N#Cc1ccc(CN2CN(N)C=N2)cc1. The highest BCUT2D eigenvalue weighted by atomic mass is 15.6. The van der Waals surface area contributed by atoms with E-state index in [-0.39, 0.29) is 0 Å². The van der Waals surface area contributed by atoms with Gasteiger partial charge in [-0.3, -0.25) is 10.0 Å². The Hall–Kier alpha value is -2.06. The summed E-state index contributed by atoms with van der Waals surface area (Å²) >= 11 is 0. The lowest BCUT2D eigenvalue weighted by Gasteiger charge is -2.15. The van der Waals surface area contributed by atoms with Gasteiger partial charge in [0.15, 0.2) is 0 Å². The van der Waals surface area contributed by atoms with Gasteiger partial charge in [-0.1, -0.05) is 12.1 Å². The van der Waals surface area contributed by atoms with Crippen molar-refractivity contribution in [3.8, 4) is 6.07 Å². The second kappa shape index (κ2) is 3.98. The number of hydrogen-bond donors (Lipinski definition) is 1. The van der Waals surface area contributed by atoms with Gasteiger partial charge in [0.1, 0.15) is 13.0 Å².